The maximum atomic E-state index is 11.8. The van der Waals surface area contributed by atoms with Gasteiger partial charge < -0.3 is 20.7 Å². The van der Waals surface area contributed by atoms with E-state index in [-0.39, 0.29) is 37.6 Å². The summed E-state index contributed by atoms with van der Waals surface area (Å²) in [7, 11) is 0. The smallest absolute Gasteiger partial charge is 0.349 e. The third-order valence-corrected chi connectivity index (χ3v) is 3.37. The van der Waals surface area contributed by atoms with Crippen LogP contribution in [0.2, 0.25) is 0 Å². The fourth-order valence-corrected chi connectivity index (χ4v) is 2.25. The second kappa shape index (κ2) is 5.05. The van der Waals surface area contributed by atoms with Gasteiger partial charge in [-0.3, -0.25) is 4.57 Å². The number of nitrogens with two attached hydrogens (primary N) is 1. The summed E-state index contributed by atoms with van der Waals surface area (Å²) in [5.74, 6) is -0.119. The first-order valence-corrected chi connectivity index (χ1v) is 5.77. The molecule has 1 fully saturated rings. The maximum Gasteiger partial charge on any atom is 0.349 e. The lowest BCUT2D eigenvalue weighted by Gasteiger charge is -2.21. The first-order valence-electron chi connectivity index (χ1n) is 5.77. The van der Waals surface area contributed by atoms with Crippen LogP contribution in [-0.2, 0) is 4.74 Å². The van der Waals surface area contributed by atoms with Gasteiger partial charge in [0, 0.05) is 17.7 Å². The van der Waals surface area contributed by atoms with Crippen LogP contribution in [0.25, 0.3) is 0 Å². The van der Waals surface area contributed by atoms with Gasteiger partial charge >= 0.3 is 5.69 Å². The van der Waals surface area contributed by atoms with E-state index in [0.717, 1.165) is 0 Å². The summed E-state index contributed by atoms with van der Waals surface area (Å²) in [6, 6.07) is -0.327. The Balaban J connectivity index is 2.37. The number of nitrogen functional groups attached to an aromatic ring is 1. The van der Waals surface area contributed by atoms with Crippen molar-refractivity contribution in [2.45, 2.75) is 19.1 Å². The molecule has 7 heteroatoms. The Bertz CT molecular complexity index is 488. The van der Waals surface area contributed by atoms with E-state index in [1.807, 2.05) is 0 Å². The number of aliphatic hydroxyl groups excluding tert-OH is 2. The number of aliphatic hydroxyl groups is 2. The SMILES string of the molecule is Cc1cn([C@H]2CO[C@@H](CO)[C@@H]2CO)c(=O)nc1N. The van der Waals surface area contributed by atoms with Gasteiger partial charge in [-0.15, -0.1) is 0 Å². The molecule has 0 aromatic carbocycles. The van der Waals surface area contributed by atoms with Crippen molar-refractivity contribution in [2.75, 3.05) is 25.6 Å². The number of hydrogen-bond donors (Lipinski definition) is 3. The van der Waals surface area contributed by atoms with Gasteiger partial charge in [-0.05, 0) is 6.92 Å². The van der Waals surface area contributed by atoms with Crippen molar-refractivity contribution in [3.8, 4) is 0 Å². The van der Waals surface area contributed by atoms with E-state index < -0.39 is 11.8 Å². The van der Waals surface area contributed by atoms with Crippen molar-refractivity contribution < 1.29 is 14.9 Å². The standard InChI is InChI=1S/C11H17N3O4/c1-6-2-14(11(17)13-10(6)12)8-5-18-9(4-16)7(8)3-15/h2,7-9,15-16H,3-5H2,1H3,(H2,12,13,17)/t7-,8+,9+/m1/s1. The molecule has 1 aliphatic rings. The van der Waals surface area contributed by atoms with Crippen molar-refractivity contribution in [1.82, 2.24) is 9.55 Å². The largest absolute Gasteiger partial charge is 0.396 e. The Labute approximate surface area is 104 Å². The zero-order valence-electron chi connectivity index (χ0n) is 10.1. The van der Waals surface area contributed by atoms with E-state index in [4.69, 9.17) is 15.6 Å². The van der Waals surface area contributed by atoms with Gasteiger partial charge in [-0.2, -0.15) is 4.98 Å². The van der Waals surface area contributed by atoms with Crippen LogP contribution >= 0.6 is 0 Å². The topological polar surface area (TPSA) is 111 Å². The lowest BCUT2D eigenvalue weighted by Crippen LogP contribution is -2.35. The second-order valence-corrected chi connectivity index (χ2v) is 4.47. The number of ether oxygens (including phenoxy) is 1. The second-order valence-electron chi connectivity index (χ2n) is 4.47. The number of rotatable bonds is 3. The zero-order valence-corrected chi connectivity index (χ0v) is 10.1. The van der Waals surface area contributed by atoms with Crippen LogP contribution in [0.1, 0.15) is 11.6 Å². The molecule has 0 radical (unpaired) electrons. The monoisotopic (exact) mass is 255 g/mol. The zero-order chi connectivity index (χ0) is 13.3. The highest BCUT2D eigenvalue weighted by Crippen LogP contribution is 2.30. The van der Waals surface area contributed by atoms with Crippen molar-refractivity contribution in [3.63, 3.8) is 0 Å². The van der Waals surface area contributed by atoms with Crippen LogP contribution in [0.3, 0.4) is 0 Å². The molecular weight excluding hydrogens is 238 g/mol. The van der Waals surface area contributed by atoms with Gasteiger partial charge in [0.05, 0.1) is 32.0 Å². The Morgan fingerprint density at radius 3 is 2.89 bits per heavy atom. The first-order chi connectivity index (χ1) is 8.58. The molecule has 1 aromatic rings. The number of anilines is 1. The van der Waals surface area contributed by atoms with Crippen LogP contribution in [0, 0.1) is 12.8 Å². The Kier molecular flexibility index (Phi) is 3.65. The van der Waals surface area contributed by atoms with E-state index in [1.165, 1.54) is 4.57 Å². The molecule has 0 bridgehead atoms. The number of aromatic nitrogens is 2. The van der Waals surface area contributed by atoms with Gasteiger partial charge in [0.15, 0.2) is 0 Å². The molecule has 4 N–H and O–H groups in total. The predicted molar refractivity (Wildman–Crippen MR) is 64.1 cm³/mol. The van der Waals surface area contributed by atoms with Crippen molar-refractivity contribution >= 4 is 5.82 Å². The molecule has 18 heavy (non-hydrogen) atoms. The summed E-state index contributed by atoms with van der Waals surface area (Å²) in [4.78, 5) is 15.5. The maximum absolute atomic E-state index is 11.8. The molecule has 7 nitrogen and oxygen atoms in total. The minimum absolute atomic E-state index is 0.161. The summed E-state index contributed by atoms with van der Waals surface area (Å²) in [5, 5.41) is 18.5. The summed E-state index contributed by atoms with van der Waals surface area (Å²) in [5.41, 5.74) is 5.79. The quantitative estimate of drug-likeness (QED) is 0.617. The summed E-state index contributed by atoms with van der Waals surface area (Å²) in [6.45, 7) is 1.68. The van der Waals surface area contributed by atoms with E-state index in [1.54, 1.807) is 13.1 Å². The van der Waals surface area contributed by atoms with Gasteiger partial charge in [-0.25, -0.2) is 4.79 Å². The highest BCUT2D eigenvalue weighted by molar-refractivity contribution is 5.35. The molecule has 100 valence electrons. The minimum atomic E-state index is -0.469. The molecule has 0 spiro atoms. The van der Waals surface area contributed by atoms with E-state index in [2.05, 4.69) is 4.98 Å². The molecule has 2 heterocycles. The number of aryl methyl sites for hydroxylation is 1. The average Bonchev–Trinajstić information content (AvgIpc) is 2.76. The van der Waals surface area contributed by atoms with Crippen LogP contribution in [0.5, 0.6) is 0 Å². The summed E-state index contributed by atoms with van der Waals surface area (Å²) < 4.78 is 6.79. The minimum Gasteiger partial charge on any atom is -0.396 e. The average molecular weight is 255 g/mol. The van der Waals surface area contributed by atoms with Gasteiger partial charge in [0.25, 0.3) is 0 Å². The highest BCUT2D eigenvalue weighted by atomic mass is 16.5. The Hall–Kier alpha value is -1.44. The van der Waals surface area contributed by atoms with Crippen molar-refractivity contribution in [3.05, 3.63) is 22.2 Å². The van der Waals surface area contributed by atoms with Crippen LogP contribution in [0.15, 0.2) is 11.0 Å². The van der Waals surface area contributed by atoms with E-state index in [0.29, 0.717) is 5.56 Å². The fourth-order valence-electron chi connectivity index (χ4n) is 2.25. The molecule has 2 rings (SSSR count). The Morgan fingerprint density at radius 1 is 1.56 bits per heavy atom. The van der Waals surface area contributed by atoms with E-state index in [9.17, 15) is 9.90 Å². The third kappa shape index (κ3) is 2.12. The van der Waals surface area contributed by atoms with Crippen LogP contribution < -0.4 is 11.4 Å². The first kappa shape index (κ1) is 13.0. The lowest BCUT2D eigenvalue weighted by atomic mass is 9.98. The summed E-state index contributed by atoms with van der Waals surface area (Å²) in [6.07, 6.45) is 1.16. The molecule has 0 amide bonds. The molecule has 0 saturated carbocycles. The van der Waals surface area contributed by atoms with Crippen molar-refractivity contribution in [2.24, 2.45) is 5.92 Å². The molecule has 0 unspecified atom stereocenters. The van der Waals surface area contributed by atoms with Crippen LogP contribution in [-0.4, -0.2) is 45.7 Å². The molecule has 1 aromatic heterocycles. The van der Waals surface area contributed by atoms with Gasteiger partial charge in [0.2, 0.25) is 0 Å². The molecule has 1 saturated heterocycles. The number of nitrogens with zero attached hydrogens (tertiary/aromatic N) is 2. The molecule has 0 aliphatic carbocycles. The highest BCUT2D eigenvalue weighted by Gasteiger charge is 2.38. The normalized spacial score (nSPS) is 27.6. The fraction of sp³-hybridized carbons (Fsp3) is 0.636. The van der Waals surface area contributed by atoms with Gasteiger partial charge in [-0.1, -0.05) is 0 Å². The molecule has 3 atom stereocenters. The van der Waals surface area contributed by atoms with Gasteiger partial charge in [0.1, 0.15) is 5.82 Å². The van der Waals surface area contributed by atoms with Crippen LogP contribution in [0.4, 0.5) is 5.82 Å². The molecule has 1 aliphatic heterocycles. The lowest BCUT2D eigenvalue weighted by molar-refractivity contribution is 0.0268. The summed E-state index contributed by atoms with van der Waals surface area (Å²) >= 11 is 0. The third-order valence-electron chi connectivity index (χ3n) is 3.37. The van der Waals surface area contributed by atoms with Crippen molar-refractivity contribution in [1.29, 1.82) is 0 Å². The number of hydrogen-bond acceptors (Lipinski definition) is 6. The predicted octanol–water partition coefficient (Wildman–Crippen LogP) is -1.33. The Morgan fingerprint density at radius 2 is 2.28 bits per heavy atom. The van der Waals surface area contributed by atoms with E-state index >= 15 is 0 Å². The molecular formula is C11H17N3O4.